The van der Waals surface area contributed by atoms with E-state index in [1.54, 1.807) is 12.3 Å². The van der Waals surface area contributed by atoms with Crippen molar-refractivity contribution >= 4 is 15.8 Å². The number of aromatic nitrogens is 2. The third kappa shape index (κ3) is 3.02. The van der Waals surface area contributed by atoms with Crippen LogP contribution in [0.4, 0.5) is 5.82 Å². The van der Waals surface area contributed by atoms with E-state index >= 15 is 0 Å². The van der Waals surface area contributed by atoms with Crippen LogP contribution in [0.1, 0.15) is 35.0 Å². The highest BCUT2D eigenvalue weighted by Crippen LogP contribution is 2.29. The Morgan fingerprint density at radius 3 is 3.25 bits per heavy atom. The van der Waals surface area contributed by atoms with E-state index in [1.165, 1.54) is 0 Å². The van der Waals surface area contributed by atoms with Crippen LogP contribution in [-0.4, -0.2) is 31.7 Å². The second-order valence-corrected chi connectivity index (χ2v) is 7.67. The summed E-state index contributed by atoms with van der Waals surface area (Å²) >= 11 is 0. The van der Waals surface area contributed by atoms with Gasteiger partial charge in [0.25, 0.3) is 0 Å². The zero-order valence-electron chi connectivity index (χ0n) is 13.0. The van der Waals surface area contributed by atoms with Crippen LogP contribution in [0, 0.1) is 0 Å². The number of pyridine rings is 1. The number of rotatable bonds is 4. The molecule has 128 valence electrons. The molecule has 0 amide bonds. The zero-order valence-corrected chi connectivity index (χ0v) is 13.8. The molecule has 0 spiro atoms. The van der Waals surface area contributed by atoms with Crippen molar-refractivity contribution in [3.8, 4) is 0 Å². The molecule has 0 saturated carbocycles. The summed E-state index contributed by atoms with van der Waals surface area (Å²) in [6.45, 7) is 1.60. The number of fused-ring (bicyclic) bond motifs is 2. The van der Waals surface area contributed by atoms with E-state index in [2.05, 4.69) is 20.2 Å². The lowest BCUT2D eigenvalue weighted by Gasteiger charge is -2.26. The number of nitrogens with zero attached hydrogens (tertiary/aromatic N) is 2. The molecule has 2 N–H and O–H groups in total. The second-order valence-electron chi connectivity index (χ2n) is 5.92. The van der Waals surface area contributed by atoms with Crippen molar-refractivity contribution in [1.82, 2.24) is 14.9 Å². The number of hydrogen-bond acceptors (Lipinski definition) is 7. The highest BCUT2D eigenvalue weighted by Gasteiger charge is 2.28. The molecule has 0 saturated heterocycles. The van der Waals surface area contributed by atoms with Gasteiger partial charge in [-0.05, 0) is 12.5 Å². The van der Waals surface area contributed by atoms with Crippen molar-refractivity contribution in [3.63, 3.8) is 0 Å². The van der Waals surface area contributed by atoms with Gasteiger partial charge in [0.05, 0.1) is 19.3 Å². The molecule has 0 fully saturated rings. The predicted octanol–water partition coefficient (Wildman–Crippen LogP) is 1.12. The van der Waals surface area contributed by atoms with Gasteiger partial charge < -0.3 is 14.6 Å². The summed E-state index contributed by atoms with van der Waals surface area (Å²) in [6, 6.07) is 3.39. The Labute approximate surface area is 139 Å². The summed E-state index contributed by atoms with van der Waals surface area (Å²) < 4.78 is 38.6. The van der Waals surface area contributed by atoms with Gasteiger partial charge in [-0.3, -0.25) is 0 Å². The topological polar surface area (TPSA) is 106 Å². The van der Waals surface area contributed by atoms with E-state index < -0.39 is 10.0 Å². The van der Waals surface area contributed by atoms with Gasteiger partial charge in [-0.25, -0.2) is 18.1 Å². The number of sulfonamides is 1. The molecule has 9 heteroatoms. The fraction of sp³-hybridized carbons (Fsp3) is 0.467. The molecule has 0 radical (unpaired) electrons. The molecule has 1 unspecified atom stereocenters. The van der Waals surface area contributed by atoms with Crippen molar-refractivity contribution < 1.29 is 17.7 Å². The van der Waals surface area contributed by atoms with Gasteiger partial charge in [-0.1, -0.05) is 11.2 Å². The lowest BCUT2D eigenvalue weighted by atomic mass is 10.0. The Kier molecular flexibility index (Phi) is 3.99. The average molecular weight is 350 g/mol. The van der Waals surface area contributed by atoms with Gasteiger partial charge in [-0.2, -0.15) is 0 Å². The Bertz CT molecular complexity index is 849. The standard InChI is InChI=1S/C15H18N4O4S/c20-24(21,9-13-11-8-22-7-4-14(11)23-18-13)19-12-3-6-17-15-10(12)2-1-5-16-15/h1-2,5,12,19H,3-4,6-9H2,(H,16,17). The molecule has 1 atom stereocenters. The van der Waals surface area contributed by atoms with Crippen LogP contribution < -0.4 is 10.0 Å². The quantitative estimate of drug-likeness (QED) is 0.851. The fourth-order valence-electron chi connectivity index (χ4n) is 3.09. The molecule has 0 bridgehead atoms. The summed E-state index contributed by atoms with van der Waals surface area (Å²) in [5, 5.41) is 7.10. The zero-order chi connectivity index (χ0) is 16.6. The van der Waals surface area contributed by atoms with Gasteiger partial charge in [0.15, 0.2) is 0 Å². The first-order valence-electron chi connectivity index (χ1n) is 7.85. The minimum Gasteiger partial charge on any atom is -0.376 e. The summed E-state index contributed by atoms with van der Waals surface area (Å²) in [5.74, 6) is 1.24. The van der Waals surface area contributed by atoms with Crippen molar-refractivity contribution in [2.45, 2.75) is 31.2 Å². The van der Waals surface area contributed by atoms with Crippen LogP contribution in [0.5, 0.6) is 0 Å². The van der Waals surface area contributed by atoms with E-state index in [4.69, 9.17) is 9.26 Å². The summed E-state index contributed by atoms with van der Waals surface area (Å²) in [5.41, 5.74) is 2.05. The molecule has 0 aliphatic carbocycles. The molecule has 2 aliphatic rings. The molecule has 2 aromatic heterocycles. The number of ether oxygens (including phenoxy) is 1. The lowest BCUT2D eigenvalue weighted by Crippen LogP contribution is -2.34. The molecular weight excluding hydrogens is 332 g/mol. The molecule has 24 heavy (non-hydrogen) atoms. The Balaban J connectivity index is 1.53. The van der Waals surface area contributed by atoms with Crippen LogP contribution in [0.25, 0.3) is 0 Å². The van der Waals surface area contributed by atoms with Crippen LogP contribution in [0.2, 0.25) is 0 Å². The van der Waals surface area contributed by atoms with Crippen molar-refractivity contribution in [2.24, 2.45) is 0 Å². The molecule has 2 aromatic rings. The molecule has 0 aromatic carbocycles. The van der Waals surface area contributed by atoms with Gasteiger partial charge in [0, 0.05) is 30.3 Å². The summed E-state index contributed by atoms with van der Waals surface area (Å²) in [4.78, 5) is 4.24. The van der Waals surface area contributed by atoms with E-state index in [0.29, 0.717) is 38.3 Å². The maximum atomic E-state index is 12.6. The first-order chi connectivity index (χ1) is 11.6. The van der Waals surface area contributed by atoms with E-state index in [9.17, 15) is 8.42 Å². The van der Waals surface area contributed by atoms with Gasteiger partial charge >= 0.3 is 0 Å². The minimum atomic E-state index is -3.56. The first-order valence-corrected chi connectivity index (χ1v) is 9.50. The highest BCUT2D eigenvalue weighted by atomic mass is 32.2. The van der Waals surface area contributed by atoms with E-state index in [0.717, 1.165) is 22.7 Å². The number of nitrogens with one attached hydrogen (secondary N) is 2. The van der Waals surface area contributed by atoms with Crippen LogP contribution in [0.15, 0.2) is 22.9 Å². The molecule has 8 nitrogen and oxygen atoms in total. The van der Waals surface area contributed by atoms with E-state index in [-0.39, 0.29) is 11.8 Å². The van der Waals surface area contributed by atoms with Crippen molar-refractivity contribution in [3.05, 3.63) is 40.9 Å². The summed E-state index contributed by atoms with van der Waals surface area (Å²) in [6.07, 6.45) is 2.98. The largest absolute Gasteiger partial charge is 0.376 e. The van der Waals surface area contributed by atoms with Gasteiger partial charge in [-0.15, -0.1) is 0 Å². The lowest BCUT2D eigenvalue weighted by molar-refractivity contribution is 0.102. The first kappa shape index (κ1) is 15.6. The van der Waals surface area contributed by atoms with E-state index in [1.807, 2.05) is 6.07 Å². The minimum absolute atomic E-state index is 0.214. The van der Waals surface area contributed by atoms with Crippen LogP contribution >= 0.6 is 0 Å². The van der Waals surface area contributed by atoms with Crippen LogP contribution in [-0.2, 0) is 33.5 Å². The normalized spacial score (nSPS) is 20.1. The molecular formula is C15H18N4O4S. The van der Waals surface area contributed by atoms with Crippen molar-refractivity contribution in [2.75, 3.05) is 18.5 Å². The third-order valence-electron chi connectivity index (χ3n) is 4.26. The van der Waals surface area contributed by atoms with Gasteiger partial charge in [0.1, 0.15) is 23.0 Å². The third-order valence-corrected chi connectivity index (χ3v) is 5.56. The Morgan fingerprint density at radius 2 is 2.33 bits per heavy atom. The SMILES string of the molecule is O=S(=O)(Cc1noc2c1COCC2)NC1CCNc2ncccc21. The predicted molar refractivity (Wildman–Crippen MR) is 85.7 cm³/mol. The summed E-state index contributed by atoms with van der Waals surface area (Å²) in [7, 11) is -3.56. The molecule has 4 heterocycles. The average Bonchev–Trinajstić information content (AvgIpc) is 2.97. The second kappa shape index (κ2) is 6.15. The molecule has 2 aliphatic heterocycles. The fourth-order valence-corrected chi connectivity index (χ4v) is 4.44. The maximum Gasteiger partial charge on any atom is 0.218 e. The number of anilines is 1. The van der Waals surface area contributed by atoms with Gasteiger partial charge in [0.2, 0.25) is 10.0 Å². The highest BCUT2D eigenvalue weighted by molar-refractivity contribution is 7.88. The Hall–Kier alpha value is -1.97. The van der Waals surface area contributed by atoms with Crippen molar-refractivity contribution in [1.29, 1.82) is 0 Å². The monoisotopic (exact) mass is 350 g/mol. The maximum absolute atomic E-state index is 12.6. The Morgan fingerprint density at radius 1 is 1.42 bits per heavy atom. The van der Waals surface area contributed by atoms with Crippen LogP contribution in [0.3, 0.4) is 0 Å². The number of hydrogen-bond donors (Lipinski definition) is 2. The smallest absolute Gasteiger partial charge is 0.218 e. The molecule has 4 rings (SSSR count).